The summed E-state index contributed by atoms with van der Waals surface area (Å²) >= 11 is 0. The number of ether oxygens (including phenoxy) is 3. The van der Waals surface area contributed by atoms with Crippen LogP contribution >= 0.6 is 0 Å². The molecule has 3 aromatic carbocycles. The molecular formula is C46H50F2N8O7. The van der Waals surface area contributed by atoms with Crippen molar-refractivity contribution < 1.29 is 42.2 Å². The Labute approximate surface area is 362 Å². The first-order valence-corrected chi connectivity index (χ1v) is 21.1. The van der Waals surface area contributed by atoms with E-state index in [4.69, 9.17) is 14.5 Å². The first-order chi connectivity index (χ1) is 30.2. The monoisotopic (exact) mass is 864 g/mol. The Morgan fingerprint density at radius 3 is 2.10 bits per heavy atom. The van der Waals surface area contributed by atoms with E-state index < -0.39 is 36.2 Å². The fraction of sp³-hybridized carbons (Fsp3) is 0.413. The zero-order chi connectivity index (χ0) is 44.7. The molecule has 15 nitrogen and oxygen atoms in total. The molecule has 330 valence electrons. The summed E-state index contributed by atoms with van der Waals surface area (Å²) in [5.74, 6) is -3.66. The van der Waals surface area contributed by atoms with E-state index >= 15 is 8.78 Å². The highest BCUT2D eigenvalue weighted by atomic mass is 19.3. The Balaban J connectivity index is 1.01. The lowest BCUT2D eigenvalue weighted by Gasteiger charge is -2.30. The third-order valence-electron chi connectivity index (χ3n) is 12.5. The number of carbonyl (C=O) groups excluding carboxylic acids is 4. The van der Waals surface area contributed by atoms with Gasteiger partial charge in [-0.1, -0.05) is 44.2 Å². The molecule has 2 saturated heterocycles. The number of nitrogens with zero attached hydrogens (tertiary/aromatic N) is 5. The molecule has 3 N–H and O–H groups in total. The first-order valence-electron chi connectivity index (χ1n) is 21.1. The van der Waals surface area contributed by atoms with Crippen LogP contribution in [-0.2, 0) is 29.7 Å². The maximum absolute atomic E-state index is 16.5. The van der Waals surface area contributed by atoms with Crippen LogP contribution in [0.3, 0.4) is 0 Å². The highest BCUT2D eigenvalue weighted by Crippen LogP contribution is 2.53. The number of nitrogens with one attached hydrogen (secondary N) is 3. The molecule has 8 rings (SSSR count). The number of imidazole rings is 2. The minimum absolute atomic E-state index is 0.0982. The number of aromatic amines is 2. The van der Waals surface area contributed by atoms with E-state index in [9.17, 15) is 19.2 Å². The van der Waals surface area contributed by atoms with Crippen LogP contribution in [0.5, 0.6) is 0 Å². The number of alkyl carbamates (subject to hydrolysis) is 1. The molecule has 0 spiro atoms. The molecule has 2 aromatic heterocycles. The van der Waals surface area contributed by atoms with Gasteiger partial charge in [0.25, 0.3) is 5.92 Å². The molecular weight excluding hydrogens is 815 g/mol. The number of carbonyl (C=O) groups is 4. The number of likely N-dealkylation sites (tertiary alicyclic amines) is 2. The highest BCUT2D eigenvalue weighted by Gasteiger charge is 2.45. The van der Waals surface area contributed by atoms with Crippen LogP contribution in [0.15, 0.2) is 65.8 Å². The van der Waals surface area contributed by atoms with Crippen LogP contribution in [0.4, 0.5) is 18.4 Å². The maximum atomic E-state index is 16.5. The predicted molar refractivity (Wildman–Crippen MR) is 230 cm³/mol. The van der Waals surface area contributed by atoms with Crippen LogP contribution in [0.1, 0.15) is 81.3 Å². The lowest BCUT2D eigenvalue weighted by molar-refractivity contribution is -0.137. The molecule has 2 fully saturated rings. The summed E-state index contributed by atoms with van der Waals surface area (Å²) in [7, 11) is 3.95. The van der Waals surface area contributed by atoms with Gasteiger partial charge in [0, 0.05) is 43.1 Å². The van der Waals surface area contributed by atoms with Crippen LogP contribution in [-0.4, -0.2) is 107 Å². The van der Waals surface area contributed by atoms with Crippen LogP contribution in [0.2, 0.25) is 0 Å². The summed E-state index contributed by atoms with van der Waals surface area (Å²) < 4.78 is 47.9. The van der Waals surface area contributed by atoms with E-state index in [0.29, 0.717) is 82.1 Å². The van der Waals surface area contributed by atoms with Gasteiger partial charge in [-0.2, -0.15) is 13.8 Å². The van der Waals surface area contributed by atoms with Crippen molar-refractivity contribution in [2.24, 2.45) is 16.8 Å². The van der Waals surface area contributed by atoms with E-state index in [1.54, 1.807) is 41.1 Å². The Kier molecular flexibility index (Phi) is 11.9. The van der Waals surface area contributed by atoms with Crippen molar-refractivity contribution in [3.8, 4) is 33.5 Å². The summed E-state index contributed by atoms with van der Waals surface area (Å²) in [5.41, 5.74) is 4.43. The Morgan fingerprint density at radius 1 is 0.825 bits per heavy atom. The molecule has 4 amide bonds. The van der Waals surface area contributed by atoms with E-state index in [1.807, 2.05) is 38.1 Å². The Morgan fingerprint density at radius 2 is 1.44 bits per heavy atom. The topological polar surface area (TPSA) is 184 Å². The molecule has 1 aliphatic carbocycles. The molecule has 1 unspecified atom stereocenters. The van der Waals surface area contributed by atoms with Gasteiger partial charge >= 0.3 is 12.2 Å². The molecule has 5 aromatic rings. The molecule has 2 aliphatic heterocycles. The normalized spacial score (nSPS) is 19.3. The third-order valence-corrected chi connectivity index (χ3v) is 12.5. The molecule has 5 atom stereocenters. The molecule has 0 radical (unpaired) electrons. The van der Waals surface area contributed by atoms with Crippen molar-refractivity contribution in [3.05, 3.63) is 83.6 Å². The van der Waals surface area contributed by atoms with E-state index in [0.717, 1.165) is 12.8 Å². The summed E-state index contributed by atoms with van der Waals surface area (Å²) in [6.07, 6.45) is 3.62. The van der Waals surface area contributed by atoms with Gasteiger partial charge in [-0.3, -0.25) is 9.59 Å². The number of halogens is 2. The van der Waals surface area contributed by atoms with E-state index in [2.05, 4.69) is 30.0 Å². The zero-order valence-corrected chi connectivity index (χ0v) is 35.9. The lowest BCUT2D eigenvalue weighted by atomic mass is 9.98. The maximum Gasteiger partial charge on any atom is 0.432 e. The quantitative estimate of drug-likeness (QED) is 0.111. The largest absolute Gasteiger partial charge is 0.453 e. The average molecular weight is 865 g/mol. The Hall–Kier alpha value is -6.49. The average Bonchev–Trinajstić information content (AvgIpc) is 4.14. The van der Waals surface area contributed by atoms with Crippen molar-refractivity contribution in [1.82, 2.24) is 35.1 Å². The van der Waals surface area contributed by atoms with Gasteiger partial charge < -0.3 is 39.3 Å². The minimum atomic E-state index is -3.30. The molecule has 17 heteroatoms. The van der Waals surface area contributed by atoms with E-state index in [1.165, 1.54) is 39.7 Å². The predicted octanol–water partition coefficient (Wildman–Crippen LogP) is 7.94. The smallest absolute Gasteiger partial charge is 0.432 e. The Bertz CT molecular complexity index is 2610. The van der Waals surface area contributed by atoms with Crippen molar-refractivity contribution >= 4 is 41.2 Å². The first kappa shape index (κ1) is 43.2. The molecule has 0 saturated carbocycles. The van der Waals surface area contributed by atoms with Gasteiger partial charge in [0.2, 0.25) is 11.8 Å². The standard InChI is InChI=1S/C46H50F2N8O7/c1-24(2)39(54-45(60)63-6)43(58)56-18-7-9-37(56)40-49-23-36(53-40)28-12-15-30-29-14-11-26(19-32(29)46(47,48)33(30)20-28)27-13-16-34-35(21-27)52-41(51-34)38-10-8-17-55(38)42(57)31(25(3)61-4)22-50-44(59)62-5/h11-16,19-25,31,37-39H,7-10,17-18H2,1-6H3,(H,49,53)(H,51,52)(H,54,60)/b50-22-/t25-,31?,37+,38+,39+/m1/s1. The number of hydrogen-bond acceptors (Lipinski definition) is 9. The summed E-state index contributed by atoms with van der Waals surface area (Å²) in [4.78, 5) is 74.5. The number of aromatic nitrogens is 4. The van der Waals surface area contributed by atoms with E-state index in [-0.39, 0.29) is 40.9 Å². The number of aliphatic imine (C=N–C) groups is 1. The van der Waals surface area contributed by atoms with Gasteiger partial charge in [0.1, 0.15) is 17.7 Å². The minimum Gasteiger partial charge on any atom is -0.453 e. The molecule has 3 aliphatic rings. The van der Waals surface area contributed by atoms with Gasteiger partial charge in [0.05, 0.1) is 61.2 Å². The van der Waals surface area contributed by atoms with Crippen molar-refractivity contribution in [2.75, 3.05) is 34.4 Å². The molecule has 4 heterocycles. The summed E-state index contributed by atoms with van der Waals surface area (Å²) in [5, 5.41) is 2.65. The number of H-pyrrole nitrogens is 2. The fourth-order valence-corrected chi connectivity index (χ4v) is 9.01. The number of rotatable bonds is 11. The van der Waals surface area contributed by atoms with Crippen molar-refractivity contribution in [3.63, 3.8) is 0 Å². The second-order valence-electron chi connectivity index (χ2n) is 16.6. The SMILES string of the molecule is COC(=O)/N=C\C(C(=O)N1CCC[C@H]1c1nc2ccc(-c3ccc4c(c3)C(F)(F)c3cc(-c5cnc([C@@H]6CCCN6C(=O)[C@@H](NC(=O)OC)C(C)C)[nH]5)ccc3-4)cc2[nH]1)[C@@H](C)OC. The van der Waals surface area contributed by atoms with Crippen LogP contribution in [0.25, 0.3) is 44.5 Å². The van der Waals surface area contributed by atoms with Gasteiger partial charge in [-0.15, -0.1) is 0 Å². The van der Waals surface area contributed by atoms with Crippen LogP contribution in [0, 0.1) is 11.8 Å². The van der Waals surface area contributed by atoms with Crippen molar-refractivity contribution in [2.45, 2.75) is 76.6 Å². The summed E-state index contributed by atoms with van der Waals surface area (Å²) in [6.45, 7) is 6.40. The molecule has 63 heavy (non-hydrogen) atoms. The second-order valence-corrected chi connectivity index (χ2v) is 16.6. The number of hydrogen-bond donors (Lipinski definition) is 3. The molecule has 0 bridgehead atoms. The lowest BCUT2D eigenvalue weighted by Crippen LogP contribution is -2.51. The number of fused-ring (bicyclic) bond motifs is 4. The van der Waals surface area contributed by atoms with Gasteiger partial charge in [-0.25, -0.2) is 19.6 Å². The fourth-order valence-electron chi connectivity index (χ4n) is 9.01. The summed E-state index contributed by atoms with van der Waals surface area (Å²) in [6, 6.07) is 14.1. The zero-order valence-electron chi connectivity index (χ0n) is 35.9. The number of alkyl halides is 2. The van der Waals surface area contributed by atoms with Gasteiger partial charge in [-0.05, 0) is 85.0 Å². The number of benzene rings is 3. The number of methoxy groups -OCH3 is 3. The third kappa shape index (κ3) is 8.05. The second kappa shape index (κ2) is 17.3. The van der Waals surface area contributed by atoms with Crippen molar-refractivity contribution in [1.29, 1.82) is 0 Å². The highest BCUT2D eigenvalue weighted by molar-refractivity contribution is 5.97. The number of amides is 4. The van der Waals surface area contributed by atoms with Crippen LogP contribution < -0.4 is 5.32 Å². The van der Waals surface area contributed by atoms with Gasteiger partial charge in [0.15, 0.2) is 0 Å².